The molecule has 0 fully saturated rings. The maximum atomic E-state index is 12.5. The lowest BCUT2D eigenvalue weighted by Crippen LogP contribution is -2.28. The summed E-state index contributed by atoms with van der Waals surface area (Å²) in [5.41, 5.74) is 3.25. The first-order valence-corrected chi connectivity index (χ1v) is 15.8. The Morgan fingerprint density at radius 1 is 0.868 bits per heavy atom. The number of carbonyl (C=O) groups excluding carboxylic acids is 1. The molecule has 4 nitrogen and oxygen atoms in total. The third kappa shape index (κ3) is 11.6. The van der Waals surface area contributed by atoms with Crippen molar-refractivity contribution in [2.45, 2.75) is 104 Å². The first-order chi connectivity index (χ1) is 18.7. The Kier molecular flexibility index (Phi) is 14.3. The summed E-state index contributed by atoms with van der Waals surface area (Å²) in [6, 6.07) is 16.5. The van der Waals surface area contributed by atoms with Gasteiger partial charge in [0, 0.05) is 25.4 Å². The summed E-state index contributed by atoms with van der Waals surface area (Å²) in [4.78, 5) is 16.6. The van der Waals surface area contributed by atoms with Gasteiger partial charge in [0.05, 0.1) is 19.0 Å². The fourth-order valence-electron chi connectivity index (χ4n) is 4.86. The van der Waals surface area contributed by atoms with Crippen LogP contribution in [0.2, 0.25) is 0 Å². The molecule has 0 N–H and O–H groups in total. The van der Waals surface area contributed by atoms with Crippen LogP contribution in [0, 0.1) is 0 Å². The van der Waals surface area contributed by atoms with E-state index in [4.69, 9.17) is 4.74 Å². The van der Waals surface area contributed by atoms with Crippen molar-refractivity contribution < 1.29 is 9.53 Å². The van der Waals surface area contributed by atoms with Gasteiger partial charge in [-0.15, -0.1) is 11.8 Å². The van der Waals surface area contributed by atoms with Crippen molar-refractivity contribution in [3.05, 3.63) is 71.3 Å². The molecule has 0 aromatic heterocycles. The first-order valence-electron chi connectivity index (χ1n) is 14.8. The Morgan fingerprint density at radius 3 is 2.13 bits per heavy atom. The van der Waals surface area contributed by atoms with E-state index in [2.05, 4.69) is 47.7 Å². The van der Waals surface area contributed by atoms with Crippen LogP contribution in [0.25, 0.3) is 0 Å². The van der Waals surface area contributed by atoms with Crippen LogP contribution in [0.15, 0.2) is 60.1 Å². The molecular weight excluding hydrogens is 488 g/mol. The van der Waals surface area contributed by atoms with Gasteiger partial charge < -0.3 is 14.5 Å². The smallest absolute Gasteiger partial charge is 0.224 e. The Balaban J connectivity index is 1.33. The molecule has 1 aliphatic rings. The van der Waals surface area contributed by atoms with Gasteiger partial charge >= 0.3 is 0 Å². The molecule has 0 aliphatic carbocycles. The lowest BCUT2D eigenvalue weighted by atomic mass is 10.1. The zero-order chi connectivity index (χ0) is 26.8. The zero-order valence-corrected chi connectivity index (χ0v) is 24.5. The highest BCUT2D eigenvalue weighted by atomic mass is 32.2. The molecule has 0 radical (unpaired) electrons. The topological polar surface area (TPSA) is 32.8 Å². The number of carbonyl (C=O) groups is 1. The van der Waals surface area contributed by atoms with E-state index in [9.17, 15) is 4.79 Å². The van der Waals surface area contributed by atoms with Crippen molar-refractivity contribution >= 4 is 23.4 Å². The minimum atomic E-state index is 0.0473. The van der Waals surface area contributed by atoms with Gasteiger partial charge in [-0.1, -0.05) is 102 Å². The average molecular weight is 537 g/mol. The van der Waals surface area contributed by atoms with Crippen molar-refractivity contribution in [2.24, 2.45) is 0 Å². The molecule has 2 aromatic carbocycles. The van der Waals surface area contributed by atoms with Gasteiger partial charge in [0.15, 0.2) is 0 Å². The van der Waals surface area contributed by atoms with Crippen LogP contribution in [0.3, 0.4) is 0 Å². The minimum absolute atomic E-state index is 0.0473. The minimum Gasteiger partial charge on any atom is -0.494 e. The van der Waals surface area contributed by atoms with Crippen LogP contribution in [0.4, 0.5) is 5.69 Å². The quantitative estimate of drug-likeness (QED) is 0.167. The number of hydrogen-bond donors (Lipinski definition) is 0. The number of rotatable bonds is 19. The molecule has 0 spiro atoms. The predicted octanol–water partition coefficient (Wildman–Crippen LogP) is 9.30. The van der Waals surface area contributed by atoms with E-state index in [-0.39, 0.29) is 5.91 Å². The lowest BCUT2D eigenvalue weighted by molar-refractivity contribution is -0.116. The molecule has 0 saturated carbocycles. The van der Waals surface area contributed by atoms with E-state index in [0.717, 1.165) is 42.4 Å². The number of amides is 1. The van der Waals surface area contributed by atoms with E-state index < -0.39 is 0 Å². The number of benzene rings is 2. The van der Waals surface area contributed by atoms with Gasteiger partial charge in [0.1, 0.15) is 5.75 Å². The van der Waals surface area contributed by atoms with Gasteiger partial charge in [0.25, 0.3) is 0 Å². The highest BCUT2D eigenvalue weighted by Gasteiger charge is 2.14. The summed E-state index contributed by atoms with van der Waals surface area (Å²) < 4.78 is 5.98. The Labute approximate surface area is 235 Å². The molecule has 1 amide bonds. The Hall–Kier alpha value is -2.40. The number of anilines is 1. The maximum Gasteiger partial charge on any atom is 0.224 e. The number of unbranched alkanes of at least 4 members (excludes halogenated alkanes) is 11. The normalized spacial score (nSPS) is 12.7. The van der Waals surface area contributed by atoms with Gasteiger partial charge in [-0.3, -0.25) is 4.79 Å². The van der Waals surface area contributed by atoms with Crippen LogP contribution in [-0.2, 0) is 17.9 Å². The van der Waals surface area contributed by atoms with Crippen molar-refractivity contribution in [1.82, 2.24) is 4.90 Å². The molecule has 1 aliphatic heterocycles. The molecule has 0 saturated heterocycles. The summed E-state index contributed by atoms with van der Waals surface area (Å²) in [6.45, 7) is 6.10. The largest absolute Gasteiger partial charge is 0.494 e. The number of hydrogen-bond acceptors (Lipinski definition) is 4. The standard InChI is InChI=1S/C33H48N2O2S/c1-3-4-5-6-7-8-9-10-11-12-13-14-23-37-33-20-18-30(19-21-33)27-35(29(2)36)32-17-15-16-31(25-32)26-34-22-24-38-28-34/h15-22,24-25H,3-14,23,26-28H2,1-2H3. The fourth-order valence-corrected chi connectivity index (χ4v) is 5.57. The van der Waals surface area contributed by atoms with Crippen LogP contribution in [0.5, 0.6) is 5.75 Å². The summed E-state index contributed by atoms with van der Waals surface area (Å²) >= 11 is 1.80. The number of nitrogens with zero attached hydrogens (tertiary/aromatic N) is 2. The summed E-state index contributed by atoms with van der Waals surface area (Å²) in [6.07, 6.45) is 18.3. The highest BCUT2D eigenvalue weighted by molar-refractivity contribution is 8.02. The molecule has 1 heterocycles. The third-order valence-electron chi connectivity index (χ3n) is 7.13. The average Bonchev–Trinajstić information content (AvgIpc) is 3.43. The van der Waals surface area contributed by atoms with Crippen molar-refractivity contribution in [3.63, 3.8) is 0 Å². The molecular formula is C33H48N2O2S. The third-order valence-corrected chi connectivity index (χ3v) is 7.92. The molecule has 208 valence electrons. The van der Waals surface area contributed by atoms with Crippen LogP contribution in [0.1, 0.15) is 102 Å². The second-order valence-electron chi connectivity index (χ2n) is 10.5. The van der Waals surface area contributed by atoms with E-state index >= 15 is 0 Å². The molecule has 2 aromatic rings. The van der Waals surface area contributed by atoms with E-state index in [0.29, 0.717) is 6.54 Å². The molecule has 38 heavy (non-hydrogen) atoms. The number of thioether (sulfide) groups is 1. The lowest BCUT2D eigenvalue weighted by Gasteiger charge is -2.23. The second-order valence-corrected chi connectivity index (χ2v) is 11.3. The molecule has 0 bridgehead atoms. The fraction of sp³-hybridized carbons (Fsp3) is 0.545. The first kappa shape index (κ1) is 30.1. The number of ether oxygens (including phenoxy) is 1. The molecule has 5 heteroatoms. The van der Waals surface area contributed by atoms with E-state index in [1.54, 1.807) is 18.7 Å². The maximum absolute atomic E-state index is 12.5. The van der Waals surface area contributed by atoms with Crippen LogP contribution >= 0.6 is 11.8 Å². The van der Waals surface area contributed by atoms with Crippen molar-refractivity contribution in [1.29, 1.82) is 0 Å². The Bertz CT molecular complexity index is 960. The highest BCUT2D eigenvalue weighted by Crippen LogP contribution is 2.24. The van der Waals surface area contributed by atoms with Gasteiger partial charge in [-0.05, 0) is 47.2 Å². The van der Waals surface area contributed by atoms with Gasteiger partial charge in [0.2, 0.25) is 5.91 Å². The van der Waals surface area contributed by atoms with Crippen LogP contribution < -0.4 is 9.64 Å². The zero-order valence-electron chi connectivity index (χ0n) is 23.7. The van der Waals surface area contributed by atoms with E-state index in [1.807, 2.05) is 29.2 Å². The second kappa shape index (κ2) is 18.0. The predicted molar refractivity (Wildman–Crippen MR) is 163 cm³/mol. The summed E-state index contributed by atoms with van der Waals surface area (Å²) in [5.74, 6) is 1.93. The molecule has 0 atom stereocenters. The van der Waals surface area contributed by atoms with Crippen molar-refractivity contribution in [3.8, 4) is 5.75 Å². The van der Waals surface area contributed by atoms with Crippen LogP contribution in [-0.4, -0.2) is 23.3 Å². The van der Waals surface area contributed by atoms with Crippen molar-refractivity contribution in [2.75, 3.05) is 17.4 Å². The molecule has 3 rings (SSSR count). The molecule has 0 unspecified atom stereocenters. The van der Waals surface area contributed by atoms with E-state index in [1.165, 1.54) is 76.2 Å². The monoisotopic (exact) mass is 536 g/mol. The van der Waals surface area contributed by atoms with Gasteiger partial charge in [-0.2, -0.15) is 0 Å². The Morgan fingerprint density at radius 2 is 1.53 bits per heavy atom. The summed E-state index contributed by atoms with van der Waals surface area (Å²) in [5, 5.41) is 2.12. The summed E-state index contributed by atoms with van der Waals surface area (Å²) in [7, 11) is 0. The SMILES string of the molecule is CCCCCCCCCCCCCCOc1ccc(CN(C(C)=O)c2cccc(CN3C=CSC3)c2)cc1. The van der Waals surface area contributed by atoms with Gasteiger partial charge in [-0.25, -0.2) is 0 Å².